The number of carbonyl (C=O) groups is 2. The molecule has 4 atom stereocenters. The van der Waals surface area contributed by atoms with Crippen LogP contribution in [0.4, 0.5) is 26.3 Å². The highest BCUT2D eigenvalue weighted by Crippen LogP contribution is 2.58. The molecular weight excluding hydrogens is 662 g/mol. The zero-order valence-corrected chi connectivity index (χ0v) is 25.8. The molecule has 2 aliphatic carbocycles. The molecule has 2 saturated heterocycles. The van der Waals surface area contributed by atoms with Gasteiger partial charge in [-0.05, 0) is 78.6 Å². The van der Waals surface area contributed by atoms with Crippen molar-refractivity contribution in [2.45, 2.75) is 68.9 Å². The lowest BCUT2D eigenvalue weighted by atomic mass is 9.90. The molecule has 4 aliphatic rings. The first-order valence-corrected chi connectivity index (χ1v) is 15.7. The average Bonchev–Trinajstić information content (AvgIpc) is 3.98. The summed E-state index contributed by atoms with van der Waals surface area (Å²) in [5, 5.41) is 0. The minimum atomic E-state index is -4.75. The van der Waals surface area contributed by atoms with Gasteiger partial charge in [-0.25, -0.2) is 9.59 Å². The van der Waals surface area contributed by atoms with Crippen molar-refractivity contribution in [2.24, 2.45) is 0 Å². The summed E-state index contributed by atoms with van der Waals surface area (Å²) in [7, 11) is 0. The Kier molecular flexibility index (Phi) is 8.92. The van der Waals surface area contributed by atoms with E-state index >= 15 is 0 Å². The van der Waals surface area contributed by atoms with Crippen LogP contribution in [0, 0.1) is 0 Å². The molecule has 4 unspecified atom stereocenters. The summed E-state index contributed by atoms with van der Waals surface area (Å²) in [5.41, 5.74) is -1.75. The molecule has 260 valence electrons. The Morgan fingerprint density at radius 2 is 1.06 bits per heavy atom. The Labute approximate surface area is 276 Å². The molecule has 2 bridgehead atoms. The molecule has 0 radical (unpaired) electrons. The van der Waals surface area contributed by atoms with Gasteiger partial charge in [0.2, 0.25) is 0 Å². The largest absolute Gasteiger partial charge is 0.423 e. The summed E-state index contributed by atoms with van der Waals surface area (Å²) in [6, 6.07) is 9.05. The molecule has 49 heavy (non-hydrogen) atoms. The number of rotatable bonds is 12. The van der Waals surface area contributed by atoms with E-state index in [-0.39, 0.29) is 84.2 Å². The smallest absolute Gasteiger partial charge is 0.416 e. The maximum Gasteiger partial charge on any atom is 0.416 e. The van der Waals surface area contributed by atoms with Crippen LogP contribution in [0.2, 0.25) is 0 Å². The van der Waals surface area contributed by atoms with E-state index in [2.05, 4.69) is 0 Å². The van der Waals surface area contributed by atoms with Gasteiger partial charge >= 0.3 is 24.3 Å². The van der Waals surface area contributed by atoms with E-state index in [0.29, 0.717) is 30.8 Å². The molecule has 0 amide bonds. The molecule has 0 aromatic heterocycles. The van der Waals surface area contributed by atoms with Crippen LogP contribution in [-0.2, 0) is 44.5 Å². The van der Waals surface area contributed by atoms with Gasteiger partial charge in [-0.2, -0.15) is 26.3 Å². The van der Waals surface area contributed by atoms with Gasteiger partial charge in [-0.1, -0.05) is 12.1 Å². The molecule has 7 rings (SSSR count). The van der Waals surface area contributed by atoms with Crippen LogP contribution in [0.1, 0.15) is 85.2 Å². The van der Waals surface area contributed by atoms with Crippen LogP contribution >= 0.6 is 0 Å². The van der Waals surface area contributed by atoms with Crippen molar-refractivity contribution in [1.82, 2.24) is 0 Å². The van der Waals surface area contributed by atoms with Crippen LogP contribution in [0.25, 0.3) is 0 Å². The highest BCUT2D eigenvalue weighted by Gasteiger charge is 2.43. The quantitative estimate of drug-likeness (QED) is 0.0842. The lowest BCUT2D eigenvalue weighted by Gasteiger charge is -2.22. The number of hydrogen-bond acceptors (Lipinski definition) is 8. The molecule has 2 aliphatic heterocycles. The number of carbonyl (C=O) groups excluding carboxylic acids is 2. The van der Waals surface area contributed by atoms with Crippen molar-refractivity contribution in [2.75, 3.05) is 26.4 Å². The number of epoxide rings is 2. The second-order valence-electron chi connectivity index (χ2n) is 12.6. The van der Waals surface area contributed by atoms with Crippen molar-refractivity contribution in [3.63, 3.8) is 0 Å². The van der Waals surface area contributed by atoms with Crippen molar-refractivity contribution in [3.05, 3.63) is 93.0 Å². The second-order valence-corrected chi connectivity index (χ2v) is 12.6. The monoisotopic (exact) mass is 692 g/mol. The summed E-state index contributed by atoms with van der Waals surface area (Å²) >= 11 is 0. The zero-order valence-electron chi connectivity index (χ0n) is 25.8. The van der Waals surface area contributed by atoms with Crippen molar-refractivity contribution < 1.29 is 64.4 Å². The van der Waals surface area contributed by atoms with E-state index in [1.807, 2.05) is 0 Å². The molecular formula is C35H30F6O8. The van der Waals surface area contributed by atoms with Gasteiger partial charge in [0.15, 0.2) is 0 Å². The SMILES string of the molecule is O=C(Oc1ccc(OC(=O)c2ccc(COCC3CO3)c(C(F)(F)F)c2)c2c1C1CCC2C1)c1ccc(COCC2CO2)c(C(F)(F)F)c1. The number of ether oxygens (including phenoxy) is 6. The standard InChI is InChI=1S/C35H30F6O8/c36-34(37,38)26-10-20(3-5-22(26)12-44-14-24-16-46-24)32(42)48-28-7-8-29(31-19-2-1-18(9-19)30(28)31)49-33(43)21-4-6-23(13-45-15-25-17-47-25)27(11-21)35(39,40)41/h3-8,10-11,18-19,24-25H,1-2,9,12-17H2. The molecule has 3 aromatic rings. The Balaban J connectivity index is 1.10. The topological polar surface area (TPSA) is 96.1 Å². The second kappa shape index (κ2) is 13.0. The van der Waals surface area contributed by atoms with Gasteiger partial charge in [0.05, 0.1) is 61.9 Å². The summed E-state index contributed by atoms with van der Waals surface area (Å²) in [6.45, 7) is 0.686. The molecule has 2 heterocycles. The first-order valence-electron chi connectivity index (χ1n) is 15.7. The fraction of sp³-hybridized carbons (Fsp3) is 0.429. The third-order valence-corrected chi connectivity index (χ3v) is 9.09. The van der Waals surface area contributed by atoms with Gasteiger partial charge in [0.1, 0.15) is 23.7 Å². The molecule has 0 N–H and O–H groups in total. The average molecular weight is 693 g/mol. The minimum absolute atomic E-state index is 0.0562. The fourth-order valence-corrected chi connectivity index (χ4v) is 6.56. The third kappa shape index (κ3) is 7.47. The molecule has 0 spiro atoms. The zero-order chi connectivity index (χ0) is 34.5. The number of benzene rings is 3. The predicted molar refractivity (Wildman–Crippen MR) is 157 cm³/mol. The van der Waals surface area contributed by atoms with Gasteiger partial charge < -0.3 is 28.4 Å². The summed E-state index contributed by atoms with van der Waals surface area (Å²) < 4.78 is 115. The normalized spacial score (nSPS) is 22.2. The summed E-state index contributed by atoms with van der Waals surface area (Å²) in [6.07, 6.45) is -7.57. The van der Waals surface area contributed by atoms with E-state index in [9.17, 15) is 35.9 Å². The van der Waals surface area contributed by atoms with E-state index in [1.54, 1.807) is 0 Å². The van der Waals surface area contributed by atoms with E-state index in [0.717, 1.165) is 25.0 Å². The number of fused-ring (bicyclic) bond motifs is 5. The van der Waals surface area contributed by atoms with E-state index in [4.69, 9.17) is 28.4 Å². The Bertz CT molecular complexity index is 1640. The Hall–Kier alpha value is -3.98. The van der Waals surface area contributed by atoms with Crippen LogP contribution < -0.4 is 9.47 Å². The van der Waals surface area contributed by atoms with Gasteiger partial charge in [0.25, 0.3) is 0 Å². The lowest BCUT2D eigenvalue weighted by Crippen LogP contribution is -2.17. The highest BCUT2D eigenvalue weighted by molar-refractivity contribution is 5.93. The van der Waals surface area contributed by atoms with Crippen LogP contribution in [0.3, 0.4) is 0 Å². The maximum absolute atomic E-state index is 13.9. The predicted octanol–water partition coefficient (Wildman–Crippen LogP) is 7.36. The van der Waals surface area contributed by atoms with E-state index in [1.165, 1.54) is 36.4 Å². The minimum Gasteiger partial charge on any atom is -0.423 e. The first-order chi connectivity index (χ1) is 23.3. The number of alkyl halides is 6. The van der Waals surface area contributed by atoms with E-state index < -0.39 is 35.4 Å². The van der Waals surface area contributed by atoms with Crippen LogP contribution in [-0.4, -0.2) is 50.6 Å². The molecule has 14 heteroatoms. The maximum atomic E-state index is 13.9. The van der Waals surface area contributed by atoms with Crippen LogP contribution in [0.15, 0.2) is 48.5 Å². The molecule has 1 saturated carbocycles. The third-order valence-electron chi connectivity index (χ3n) is 9.09. The Morgan fingerprint density at radius 1 is 0.653 bits per heavy atom. The summed E-state index contributed by atoms with van der Waals surface area (Å²) in [4.78, 5) is 26.4. The van der Waals surface area contributed by atoms with Crippen molar-refractivity contribution >= 4 is 11.9 Å². The van der Waals surface area contributed by atoms with Gasteiger partial charge in [-0.3, -0.25) is 0 Å². The van der Waals surface area contributed by atoms with Crippen molar-refractivity contribution in [1.29, 1.82) is 0 Å². The number of esters is 2. The highest BCUT2D eigenvalue weighted by atomic mass is 19.4. The van der Waals surface area contributed by atoms with Crippen LogP contribution in [0.5, 0.6) is 11.5 Å². The first kappa shape index (κ1) is 33.5. The van der Waals surface area contributed by atoms with Gasteiger partial charge in [-0.15, -0.1) is 0 Å². The molecule has 3 aromatic carbocycles. The molecule has 8 nitrogen and oxygen atoms in total. The Morgan fingerprint density at radius 3 is 1.43 bits per heavy atom. The number of halogens is 6. The summed E-state index contributed by atoms with van der Waals surface area (Å²) in [5.74, 6) is -1.88. The van der Waals surface area contributed by atoms with Gasteiger partial charge in [0, 0.05) is 11.1 Å². The molecule has 3 fully saturated rings. The van der Waals surface area contributed by atoms with Crippen molar-refractivity contribution in [3.8, 4) is 11.5 Å². The fourth-order valence-electron chi connectivity index (χ4n) is 6.56. The number of hydrogen-bond donors (Lipinski definition) is 0. The lowest BCUT2D eigenvalue weighted by molar-refractivity contribution is -0.139.